The third-order valence-electron chi connectivity index (χ3n) is 6.46. The normalized spacial score (nSPS) is 22.6. The Morgan fingerprint density at radius 3 is 2.67 bits per heavy atom. The van der Waals surface area contributed by atoms with Crippen molar-refractivity contribution in [1.29, 1.82) is 0 Å². The van der Waals surface area contributed by atoms with E-state index in [9.17, 15) is 0 Å². The van der Waals surface area contributed by atoms with E-state index >= 15 is 0 Å². The van der Waals surface area contributed by atoms with Gasteiger partial charge in [0.25, 0.3) is 0 Å². The Kier molecular flexibility index (Phi) is 9.13. The van der Waals surface area contributed by atoms with Crippen LogP contribution in [0.25, 0.3) is 0 Å². The topological polar surface area (TPSA) is 30.5 Å². The average Bonchev–Trinajstić information content (AvgIpc) is 2.74. The number of hydrogen-bond donors (Lipinski definition) is 1. The second-order valence-electron chi connectivity index (χ2n) is 8.49. The monoisotopic (exact) mass is 373 g/mol. The van der Waals surface area contributed by atoms with Gasteiger partial charge in [-0.3, -0.25) is 0 Å². The third kappa shape index (κ3) is 6.58. The molecule has 1 aromatic carbocycles. The summed E-state index contributed by atoms with van der Waals surface area (Å²) in [5, 5.41) is 3.59. The van der Waals surface area contributed by atoms with E-state index < -0.39 is 0 Å². The highest BCUT2D eigenvalue weighted by Gasteiger charge is 2.27. The maximum Gasteiger partial charge on any atom is 0.0867 e. The summed E-state index contributed by atoms with van der Waals surface area (Å²) in [5.41, 5.74) is 2.96. The minimum absolute atomic E-state index is 0.220. The van der Waals surface area contributed by atoms with Crippen molar-refractivity contribution in [3.8, 4) is 0 Å². The summed E-state index contributed by atoms with van der Waals surface area (Å²) in [5.74, 6) is 1.52. The van der Waals surface area contributed by atoms with E-state index in [-0.39, 0.29) is 6.10 Å². The van der Waals surface area contributed by atoms with Crippen molar-refractivity contribution in [2.24, 2.45) is 11.8 Å². The molecular formula is C24H39NO2. The van der Waals surface area contributed by atoms with Crippen LogP contribution in [0.1, 0.15) is 75.0 Å². The van der Waals surface area contributed by atoms with Gasteiger partial charge in [0.2, 0.25) is 0 Å². The van der Waals surface area contributed by atoms with Crippen LogP contribution >= 0.6 is 0 Å². The molecule has 2 atom stereocenters. The number of hydrogen-bond acceptors (Lipinski definition) is 3. The van der Waals surface area contributed by atoms with Crippen LogP contribution in [0.4, 0.5) is 0 Å². The standard InChI is InChI=1S/C24H39NO2/c1-26-17-8-18-27-24(22-12-7-16-25-19-22)23-13-6-5-11-21(23)15-14-20-9-3-2-4-10-20/h5-6,11,13,20,22,24-25H,2-4,7-10,12,14-19H2,1H3. The Bertz CT molecular complexity index is 521. The molecule has 0 radical (unpaired) electrons. The molecule has 3 heteroatoms. The molecule has 1 heterocycles. The van der Waals surface area contributed by atoms with Gasteiger partial charge < -0.3 is 14.8 Å². The van der Waals surface area contributed by atoms with Crippen molar-refractivity contribution >= 4 is 0 Å². The Balaban J connectivity index is 1.67. The molecule has 1 saturated heterocycles. The van der Waals surface area contributed by atoms with Crippen LogP contribution in [0, 0.1) is 11.8 Å². The molecule has 2 unspecified atom stereocenters. The molecule has 0 bridgehead atoms. The molecule has 1 N–H and O–H groups in total. The Hall–Kier alpha value is -0.900. The maximum atomic E-state index is 6.48. The summed E-state index contributed by atoms with van der Waals surface area (Å²) in [4.78, 5) is 0. The number of nitrogens with one attached hydrogen (secondary N) is 1. The van der Waals surface area contributed by atoms with E-state index in [0.717, 1.165) is 38.6 Å². The predicted molar refractivity (Wildman–Crippen MR) is 112 cm³/mol. The summed E-state index contributed by atoms with van der Waals surface area (Å²) in [7, 11) is 1.77. The van der Waals surface area contributed by atoms with Gasteiger partial charge in [-0.25, -0.2) is 0 Å². The molecule has 0 amide bonds. The van der Waals surface area contributed by atoms with Crippen LogP contribution in [0.2, 0.25) is 0 Å². The smallest absolute Gasteiger partial charge is 0.0867 e. The van der Waals surface area contributed by atoms with Gasteiger partial charge in [0.05, 0.1) is 6.10 Å². The van der Waals surface area contributed by atoms with E-state index in [1.165, 1.54) is 68.9 Å². The van der Waals surface area contributed by atoms with E-state index in [2.05, 4.69) is 29.6 Å². The number of benzene rings is 1. The molecule has 152 valence electrons. The first-order chi connectivity index (χ1) is 13.4. The quantitative estimate of drug-likeness (QED) is 0.565. The molecule has 3 rings (SSSR count). The molecule has 0 spiro atoms. The second-order valence-corrected chi connectivity index (χ2v) is 8.49. The van der Waals surface area contributed by atoms with Gasteiger partial charge in [-0.15, -0.1) is 0 Å². The van der Waals surface area contributed by atoms with Crippen LogP contribution in [0.15, 0.2) is 24.3 Å². The highest BCUT2D eigenvalue weighted by atomic mass is 16.5. The zero-order valence-electron chi connectivity index (χ0n) is 17.3. The summed E-state index contributed by atoms with van der Waals surface area (Å²) in [6.07, 6.45) is 13.4. The van der Waals surface area contributed by atoms with Crippen molar-refractivity contribution in [1.82, 2.24) is 5.32 Å². The molecule has 3 nitrogen and oxygen atoms in total. The fourth-order valence-corrected chi connectivity index (χ4v) is 4.91. The number of methoxy groups -OCH3 is 1. The first-order valence-corrected chi connectivity index (χ1v) is 11.3. The van der Waals surface area contributed by atoms with Crippen molar-refractivity contribution in [2.75, 3.05) is 33.4 Å². The average molecular weight is 374 g/mol. The molecule has 0 aromatic heterocycles. The Morgan fingerprint density at radius 1 is 1.04 bits per heavy atom. The number of rotatable bonds is 10. The van der Waals surface area contributed by atoms with Crippen LogP contribution in [0.3, 0.4) is 0 Å². The highest BCUT2D eigenvalue weighted by molar-refractivity contribution is 5.30. The second kappa shape index (κ2) is 11.8. The van der Waals surface area contributed by atoms with Gasteiger partial charge in [0.15, 0.2) is 0 Å². The fourth-order valence-electron chi connectivity index (χ4n) is 4.91. The summed E-state index contributed by atoms with van der Waals surface area (Å²) >= 11 is 0. The number of ether oxygens (including phenoxy) is 2. The highest BCUT2D eigenvalue weighted by Crippen LogP contribution is 2.35. The summed E-state index contributed by atoms with van der Waals surface area (Å²) < 4.78 is 11.7. The van der Waals surface area contributed by atoms with Crippen molar-refractivity contribution in [3.05, 3.63) is 35.4 Å². The summed E-state index contributed by atoms with van der Waals surface area (Å²) in [6.45, 7) is 3.78. The van der Waals surface area contributed by atoms with Crippen LogP contribution in [-0.4, -0.2) is 33.4 Å². The first-order valence-electron chi connectivity index (χ1n) is 11.3. The van der Waals surface area contributed by atoms with Gasteiger partial charge >= 0.3 is 0 Å². The zero-order chi connectivity index (χ0) is 18.7. The minimum atomic E-state index is 0.220. The number of piperidine rings is 1. The van der Waals surface area contributed by atoms with E-state index in [1.54, 1.807) is 7.11 Å². The SMILES string of the molecule is COCCCOC(c1ccccc1CCC1CCCCC1)C1CCCNC1. The Morgan fingerprint density at radius 2 is 1.89 bits per heavy atom. The predicted octanol–water partition coefficient (Wildman–Crippen LogP) is 5.29. The Labute approximate surface area is 166 Å². The van der Waals surface area contributed by atoms with Gasteiger partial charge in [0.1, 0.15) is 0 Å². The largest absolute Gasteiger partial charge is 0.385 e. The zero-order valence-corrected chi connectivity index (χ0v) is 17.3. The van der Waals surface area contributed by atoms with Gasteiger partial charge in [-0.2, -0.15) is 0 Å². The molecule has 2 fully saturated rings. The molecule has 2 aliphatic rings. The van der Waals surface area contributed by atoms with E-state index in [0.29, 0.717) is 5.92 Å². The van der Waals surface area contributed by atoms with Gasteiger partial charge in [-0.05, 0) is 55.7 Å². The molecule has 1 aliphatic carbocycles. The molecular weight excluding hydrogens is 334 g/mol. The van der Waals surface area contributed by atoms with Crippen LogP contribution < -0.4 is 5.32 Å². The lowest BCUT2D eigenvalue weighted by Gasteiger charge is -2.32. The number of aryl methyl sites for hydroxylation is 1. The van der Waals surface area contributed by atoms with Crippen molar-refractivity contribution in [3.63, 3.8) is 0 Å². The summed E-state index contributed by atoms with van der Waals surface area (Å²) in [6, 6.07) is 9.08. The van der Waals surface area contributed by atoms with Gasteiger partial charge in [-0.1, -0.05) is 56.4 Å². The minimum Gasteiger partial charge on any atom is -0.385 e. The van der Waals surface area contributed by atoms with Gasteiger partial charge in [0, 0.05) is 32.8 Å². The van der Waals surface area contributed by atoms with Crippen LogP contribution in [0.5, 0.6) is 0 Å². The molecule has 1 aliphatic heterocycles. The fraction of sp³-hybridized carbons (Fsp3) is 0.750. The van der Waals surface area contributed by atoms with E-state index in [4.69, 9.17) is 9.47 Å². The lowest BCUT2D eigenvalue weighted by atomic mass is 9.82. The lowest BCUT2D eigenvalue weighted by molar-refractivity contribution is -0.00555. The molecule has 1 aromatic rings. The van der Waals surface area contributed by atoms with Crippen LogP contribution in [-0.2, 0) is 15.9 Å². The lowest BCUT2D eigenvalue weighted by Crippen LogP contribution is -2.34. The van der Waals surface area contributed by atoms with Crippen molar-refractivity contribution in [2.45, 2.75) is 70.3 Å². The van der Waals surface area contributed by atoms with E-state index in [1.807, 2.05) is 0 Å². The first kappa shape index (κ1) is 20.8. The molecule has 1 saturated carbocycles. The molecule has 27 heavy (non-hydrogen) atoms. The third-order valence-corrected chi connectivity index (χ3v) is 6.46. The van der Waals surface area contributed by atoms with Crippen molar-refractivity contribution < 1.29 is 9.47 Å². The maximum absolute atomic E-state index is 6.48.